The molecule has 1 aromatic rings. The summed E-state index contributed by atoms with van der Waals surface area (Å²) in [6.07, 6.45) is 4.90. The Labute approximate surface area is 148 Å². The number of fused-ring (bicyclic) bond motifs is 2. The standard InChI is InChI=1S/C10H13N5O5S.Na/c1-7-4-8-5-14(9(7)6-13-3-2-11-12-13)10(16)15(8)20-21(17,18)19;/h2-4,8-9H,5-6H2,1H3,(H,17,18,19);/q;+1/p-1/t8-,9-;/m1./s1. The predicted molar refractivity (Wildman–Crippen MR) is 66.1 cm³/mol. The second-order valence-electron chi connectivity index (χ2n) is 4.86. The van der Waals surface area contributed by atoms with Gasteiger partial charge in [0.05, 0.1) is 24.8 Å². The molecule has 1 saturated heterocycles. The van der Waals surface area contributed by atoms with Crippen molar-refractivity contribution in [1.82, 2.24) is 25.0 Å². The molecule has 2 bridgehead atoms. The van der Waals surface area contributed by atoms with Gasteiger partial charge in [0, 0.05) is 12.7 Å². The fraction of sp³-hybridized carbons (Fsp3) is 0.500. The van der Waals surface area contributed by atoms with Crippen LogP contribution in [0.4, 0.5) is 4.79 Å². The van der Waals surface area contributed by atoms with Gasteiger partial charge in [0.25, 0.3) is 0 Å². The predicted octanol–water partition coefficient (Wildman–Crippen LogP) is -3.89. The Hall–Kier alpha value is -0.980. The molecule has 1 aromatic heterocycles. The van der Waals surface area contributed by atoms with Gasteiger partial charge in [0.2, 0.25) is 10.4 Å². The molecule has 3 heterocycles. The number of nitrogens with zero attached hydrogens (tertiary/aromatic N) is 5. The first-order valence-corrected chi connectivity index (χ1v) is 7.46. The van der Waals surface area contributed by atoms with Crippen LogP contribution in [0.25, 0.3) is 0 Å². The molecule has 0 spiro atoms. The third-order valence-corrected chi connectivity index (χ3v) is 3.82. The minimum atomic E-state index is -4.99. The molecule has 2 amide bonds. The molecule has 0 unspecified atom stereocenters. The van der Waals surface area contributed by atoms with Crippen molar-refractivity contribution in [1.29, 1.82) is 0 Å². The molecule has 114 valence electrons. The molecule has 0 radical (unpaired) electrons. The summed E-state index contributed by atoms with van der Waals surface area (Å²) in [5.41, 5.74) is 0.865. The maximum atomic E-state index is 12.2. The molecule has 1 fully saturated rings. The molecule has 2 atom stereocenters. The minimum Gasteiger partial charge on any atom is -0.724 e. The average molecular weight is 337 g/mol. The zero-order chi connectivity index (χ0) is 15.2. The van der Waals surface area contributed by atoms with Crippen LogP contribution in [0.5, 0.6) is 0 Å². The summed E-state index contributed by atoms with van der Waals surface area (Å²) in [6, 6.07) is -1.54. The first kappa shape index (κ1) is 17.4. The Morgan fingerprint density at radius 1 is 1.50 bits per heavy atom. The summed E-state index contributed by atoms with van der Waals surface area (Å²) < 4.78 is 37.9. The first-order chi connectivity index (χ1) is 9.85. The Bertz CT molecular complexity index is 691. The molecular weight excluding hydrogens is 325 g/mol. The van der Waals surface area contributed by atoms with Gasteiger partial charge >= 0.3 is 35.6 Å². The van der Waals surface area contributed by atoms with E-state index in [1.54, 1.807) is 17.0 Å². The van der Waals surface area contributed by atoms with Crippen molar-refractivity contribution in [3.63, 3.8) is 0 Å². The second-order valence-corrected chi connectivity index (χ2v) is 5.83. The van der Waals surface area contributed by atoms with E-state index < -0.39 is 22.5 Å². The van der Waals surface area contributed by atoms with Gasteiger partial charge in [-0.3, -0.25) is 4.68 Å². The van der Waals surface area contributed by atoms with E-state index in [1.165, 1.54) is 11.1 Å². The van der Waals surface area contributed by atoms with Crippen molar-refractivity contribution < 1.29 is 51.6 Å². The number of hydrogen-bond acceptors (Lipinski definition) is 7. The second kappa shape index (κ2) is 6.26. The molecule has 0 aromatic carbocycles. The van der Waals surface area contributed by atoms with Crippen LogP contribution in [0.3, 0.4) is 0 Å². The molecule has 10 nitrogen and oxygen atoms in total. The normalized spacial score (nSPS) is 24.3. The smallest absolute Gasteiger partial charge is 0.724 e. The Kier molecular flexibility index (Phi) is 4.94. The van der Waals surface area contributed by atoms with Crippen molar-refractivity contribution in [2.45, 2.75) is 25.6 Å². The molecule has 22 heavy (non-hydrogen) atoms. The number of urea groups is 1. The number of carbonyl (C=O) groups is 1. The quantitative estimate of drug-likeness (QED) is 0.238. The summed E-state index contributed by atoms with van der Waals surface area (Å²) in [5.74, 6) is 0. The Balaban J connectivity index is 0.00000176. The third-order valence-electron chi connectivity index (χ3n) is 3.48. The summed E-state index contributed by atoms with van der Waals surface area (Å²) in [5, 5.41) is 8.14. The molecule has 0 saturated carbocycles. The third kappa shape index (κ3) is 3.34. The van der Waals surface area contributed by atoms with Gasteiger partial charge in [0.1, 0.15) is 0 Å². The van der Waals surface area contributed by atoms with Crippen LogP contribution in [0.1, 0.15) is 6.92 Å². The number of hydrogen-bond donors (Lipinski definition) is 0. The first-order valence-electron chi connectivity index (χ1n) is 6.13. The SMILES string of the molecule is CC1=C[C@@H]2CN(C(=O)N2OS(=O)(=O)[O-])[C@@H]1Cn1ccnn1.[Na+]. The van der Waals surface area contributed by atoms with Crippen molar-refractivity contribution in [3.8, 4) is 0 Å². The van der Waals surface area contributed by atoms with Crippen molar-refractivity contribution in [2.75, 3.05) is 6.54 Å². The van der Waals surface area contributed by atoms with Crippen LogP contribution in [0.2, 0.25) is 0 Å². The van der Waals surface area contributed by atoms with E-state index in [4.69, 9.17) is 0 Å². The van der Waals surface area contributed by atoms with E-state index in [9.17, 15) is 17.8 Å². The van der Waals surface area contributed by atoms with E-state index >= 15 is 0 Å². The minimum absolute atomic E-state index is 0. The van der Waals surface area contributed by atoms with Gasteiger partial charge in [-0.15, -0.1) is 5.10 Å². The van der Waals surface area contributed by atoms with E-state index in [2.05, 4.69) is 14.6 Å². The maximum Gasteiger partial charge on any atom is 1.00 e. The van der Waals surface area contributed by atoms with Gasteiger partial charge in [-0.05, 0) is 6.92 Å². The van der Waals surface area contributed by atoms with Gasteiger partial charge in [-0.25, -0.2) is 13.2 Å². The van der Waals surface area contributed by atoms with Gasteiger partial charge in [-0.1, -0.05) is 16.9 Å². The zero-order valence-electron chi connectivity index (χ0n) is 12.0. The molecule has 3 rings (SSSR count). The monoisotopic (exact) mass is 337 g/mol. The number of hydroxylamine groups is 2. The fourth-order valence-electron chi connectivity index (χ4n) is 2.60. The van der Waals surface area contributed by atoms with Gasteiger partial charge in [-0.2, -0.15) is 9.35 Å². The topological polar surface area (TPSA) is 121 Å². The Morgan fingerprint density at radius 2 is 2.23 bits per heavy atom. The summed E-state index contributed by atoms with van der Waals surface area (Å²) in [6.45, 7) is 2.47. The van der Waals surface area contributed by atoms with Gasteiger partial charge < -0.3 is 9.45 Å². The molecule has 2 aliphatic heterocycles. The largest absolute Gasteiger partial charge is 1.00 e. The van der Waals surface area contributed by atoms with Gasteiger partial charge in [0.15, 0.2) is 0 Å². The maximum absolute atomic E-state index is 12.2. The number of rotatable bonds is 4. The van der Waals surface area contributed by atoms with E-state index in [0.29, 0.717) is 11.6 Å². The van der Waals surface area contributed by atoms with E-state index in [0.717, 1.165) is 5.57 Å². The van der Waals surface area contributed by atoms with Crippen LogP contribution in [-0.4, -0.2) is 62.6 Å². The molecule has 2 aliphatic rings. The zero-order valence-corrected chi connectivity index (χ0v) is 14.8. The van der Waals surface area contributed by atoms with Crippen LogP contribution >= 0.6 is 0 Å². The van der Waals surface area contributed by atoms with Crippen LogP contribution in [0, 0.1) is 0 Å². The molecule has 0 N–H and O–H groups in total. The fourth-order valence-corrected chi connectivity index (χ4v) is 2.97. The molecular formula is C10H12N5NaO5S. The number of aromatic nitrogens is 3. The van der Waals surface area contributed by atoms with Crippen LogP contribution < -0.4 is 29.6 Å². The summed E-state index contributed by atoms with van der Waals surface area (Å²) in [4.78, 5) is 13.6. The molecule has 12 heteroatoms. The van der Waals surface area contributed by atoms with Crippen LogP contribution in [-0.2, 0) is 21.2 Å². The summed E-state index contributed by atoms with van der Waals surface area (Å²) >= 11 is 0. The van der Waals surface area contributed by atoms with E-state index in [1.807, 2.05) is 6.92 Å². The summed E-state index contributed by atoms with van der Waals surface area (Å²) in [7, 11) is -4.99. The van der Waals surface area contributed by atoms with Crippen LogP contribution in [0.15, 0.2) is 24.0 Å². The number of carbonyl (C=O) groups excluding carboxylic acids is 1. The van der Waals surface area contributed by atoms with E-state index in [-0.39, 0.29) is 42.1 Å². The molecule has 0 aliphatic carbocycles. The van der Waals surface area contributed by atoms with Crippen molar-refractivity contribution in [3.05, 3.63) is 24.0 Å². The Morgan fingerprint density at radius 3 is 2.82 bits per heavy atom. The van der Waals surface area contributed by atoms with Crippen molar-refractivity contribution >= 4 is 16.4 Å². The van der Waals surface area contributed by atoms with Crippen molar-refractivity contribution in [2.24, 2.45) is 0 Å². The average Bonchev–Trinajstić information content (AvgIpc) is 2.96. The number of amides is 2.